The number of likely N-dealkylation sites (tertiary alicyclic amines) is 1. The third-order valence-electron chi connectivity index (χ3n) is 4.82. The molecule has 2 rings (SSSR count). The highest BCUT2D eigenvalue weighted by molar-refractivity contribution is 5.88. The van der Waals surface area contributed by atoms with Gasteiger partial charge in [-0.15, -0.1) is 0 Å². The van der Waals surface area contributed by atoms with E-state index in [2.05, 4.69) is 4.90 Å². The van der Waals surface area contributed by atoms with Crippen LogP contribution >= 0.6 is 0 Å². The van der Waals surface area contributed by atoms with Crippen LogP contribution in [0.15, 0.2) is 0 Å². The molecule has 2 fully saturated rings. The molecule has 0 saturated carbocycles. The van der Waals surface area contributed by atoms with Gasteiger partial charge in [-0.1, -0.05) is 0 Å². The lowest BCUT2D eigenvalue weighted by Gasteiger charge is -2.29. The van der Waals surface area contributed by atoms with E-state index in [1.54, 1.807) is 12.0 Å². The summed E-state index contributed by atoms with van der Waals surface area (Å²) < 4.78 is 10.5. The number of rotatable bonds is 8. The summed E-state index contributed by atoms with van der Waals surface area (Å²) in [5, 5.41) is 0. The number of hydrogen-bond donors (Lipinski definition) is 0. The van der Waals surface area contributed by atoms with Crippen molar-refractivity contribution >= 4 is 11.8 Å². The Labute approximate surface area is 144 Å². The Morgan fingerprint density at radius 2 is 1.92 bits per heavy atom. The molecule has 1 unspecified atom stereocenters. The summed E-state index contributed by atoms with van der Waals surface area (Å²) in [5.41, 5.74) is 0. The van der Waals surface area contributed by atoms with Crippen molar-refractivity contribution in [2.24, 2.45) is 0 Å². The second kappa shape index (κ2) is 9.96. The lowest BCUT2D eigenvalue weighted by molar-refractivity contribution is -0.142. The van der Waals surface area contributed by atoms with Crippen LogP contribution in [0.3, 0.4) is 0 Å². The zero-order chi connectivity index (χ0) is 17.4. The lowest BCUT2D eigenvalue weighted by Crippen LogP contribution is -2.48. The third kappa shape index (κ3) is 5.43. The van der Waals surface area contributed by atoms with Crippen LogP contribution in [0, 0.1) is 0 Å². The summed E-state index contributed by atoms with van der Waals surface area (Å²) in [5.74, 6) is 0.198. The smallest absolute Gasteiger partial charge is 0.245 e. The van der Waals surface area contributed by atoms with E-state index in [4.69, 9.17) is 9.47 Å². The van der Waals surface area contributed by atoms with Crippen LogP contribution in [0.4, 0.5) is 0 Å². The molecule has 0 aromatic carbocycles. The molecule has 2 saturated heterocycles. The number of carbonyl (C=O) groups is 2. The van der Waals surface area contributed by atoms with E-state index in [9.17, 15) is 9.59 Å². The summed E-state index contributed by atoms with van der Waals surface area (Å²) >= 11 is 0. The molecule has 0 N–H and O–H groups in total. The van der Waals surface area contributed by atoms with Crippen molar-refractivity contribution in [3.63, 3.8) is 0 Å². The van der Waals surface area contributed by atoms with Gasteiger partial charge in [0, 0.05) is 46.3 Å². The average Bonchev–Trinajstić information content (AvgIpc) is 2.87. The molecule has 0 spiro atoms. The van der Waals surface area contributed by atoms with Crippen molar-refractivity contribution in [2.45, 2.75) is 32.2 Å². The van der Waals surface area contributed by atoms with Crippen molar-refractivity contribution in [2.75, 3.05) is 66.2 Å². The normalized spacial score (nSPS) is 21.2. The van der Waals surface area contributed by atoms with Gasteiger partial charge >= 0.3 is 0 Å². The summed E-state index contributed by atoms with van der Waals surface area (Å²) in [6, 6.07) is -0.330. The number of nitrogens with zero attached hydrogens (tertiary/aromatic N) is 3. The minimum Gasteiger partial charge on any atom is -0.382 e. The summed E-state index contributed by atoms with van der Waals surface area (Å²) in [6.45, 7) is 8.72. The standard InChI is InChI=1S/C17H31N3O4/c1-15(20-8-3-5-16(20)21)17(22)19-7-4-6-18(9-10-19)11-12-24-14-13-23-2/h15H,3-14H2,1-2H3. The van der Waals surface area contributed by atoms with E-state index in [0.29, 0.717) is 32.8 Å². The predicted molar refractivity (Wildman–Crippen MR) is 90.7 cm³/mol. The van der Waals surface area contributed by atoms with E-state index < -0.39 is 0 Å². The second-order valence-corrected chi connectivity index (χ2v) is 6.49. The Balaban J connectivity index is 1.73. The van der Waals surface area contributed by atoms with Crippen LogP contribution in [0.25, 0.3) is 0 Å². The molecular weight excluding hydrogens is 310 g/mol. The van der Waals surface area contributed by atoms with Crippen LogP contribution in [0.1, 0.15) is 26.2 Å². The molecule has 7 heteroatoms. The number of hydrogen-bond acceptors (Lipinski definition) is 5. The van der Waals surface area contributed by atoms with E-state index in [1.165, 1.54) is 0 Å². The maximum atomic E-state index is 12.7. The Kier molecular flexibility index (Phi) is 7.94. The van der Waals surface area contributed by atoms with Gasteiger partial charge in [-0.25, -0.2) is 0 Å². The molecule has 0 radical (unpaired) electrons. The van der Waals surface area contributed by atoms with Crippen molar-refractivity contribution in [1.82, 2.24) is 14.7 Å². The third-order valence-corrected chi connectivity index (χ3v) is 4.82. The molecule has 2 amide bonds. The van der Waals surface area contributed by atoms with Crippen LogP contribution in [0.5, 0.6) is 0 Å². The minimum atomic E-state index is -0.330. The van der Waals surface area contributed by atoms with E-state index in [1.807, 2.05) is 11.8 Å². The van der Waals surface area contributed by atoms with E-state index >= 15 is 0 Å². The van der Waals surface area contributed by atoms with E-state index in [0.717, 1.165) is 45.6 Å². The first-order chi connectivity index (χ1) is 11.6. The fourth-order valence-corrected chi connectivity index (χ4v) is 3.33. The molecule has 0 bridgehead atoms. The van der Waals surface area contributed by atoms with Gasteiger partial charge in [-0.3, -0.25) is 14.5 Å². The Hall–Kier alpha value is -1.18. The van der Waals surface area contributed by atoms with Crippen LogP contribution < -0.4 is 0 Å². The topological polar surface area (TPSA) is 62.3 Å². The van der Waals surface area contributed by atoms with Crippen molar-refractivity contribution in [3.8, 4) is 0 Å². The van der Waals surface area contributed by atoms with Gasteiger partial charge in [0.05, 0.1) is 19.8 Å². The minimum absolute atomic E-state index is 0.0865. The SMILES string of the molecule is COCCOCCN1CCCN(C(=O)C(C)N2CCCC2=O)CC1. The highest BCUT2D eigenvalue weighted by Gasteiger charge is 2.32. The summed E-state index contributed by atoms with van der Waals surface area (Å²) in [7, 11) is 1.67. The number of methoxy groups -OCH3 is 1. The first-order valence-electron chi connectivity index (χ1n) is 9.00. The Morgan fingerprint density at radius 3 is 2.62 bits per heavy atom. The molecular formula is C17H31N3O4. The predicted octanol–water partition coefficient (Wildman–Crippen LogP) is 0.195. The highest BCUT2D eigenvalue weighted by Crippen LogP contribution is 2.16. The highest BCUT2D eigenvalue weighted by atomic mass is 16.5. The van der Waals surface area contributed by atoms with E-state index in [-0.39, 0.29) is 17.9 Å². The molecule has 0 aliphatic carbocycles. The maximum absolute atomic E-state index is 12.7. The number of carbonyl (C=O) groups excluding carboxylic acids is 2. The maximum Gasteiger partial charge on any atom is 0.245 e. The van der Waals surface area contributed by atoms with Crippen LogP contribution in [-0.2, 0) is 19.1 Å². The fourth-order valence-electron chi connectivity index (χ4n) is 3.33. The van der Waals surface area contributed by atoms with Gasteiger partial charge in [0.25, 0.3) is 0 Å². The van der Waals surface area contributed by atoms with Gasteiger partial charge in [0.15, 0.2) is 0 Å². The fraction of sp³-hybridized carbons (Fsp3) is 0.882. The van der Waals surface area contributed by atoms with Gasteiger partial charge in [-0.05, 0) is 26.3 Å². The van der Waals surface area contributed by atoms with Crippen molar-refractivity contribution < 1.29 is 19.1 Å². The quantitative estimate of drug-likeness (QED) is 0.590. The first-order valence-corrected chi connectivity index (χ1v) is 9.00. The van der Waals surface area contributed by atoms with Gasteiger partial charge in [0.1, 0.15) is 6.04 Å². The molecule has 1 atom stereocenters. The van der Waals surface area contributed by atoms with Crippen molar-refractivity contribution in [3.05, 3.63) is 0 Å². The largest absolute Gasteiger partial charge is 0.382 e. The zero-order valence-electron chi connectivity index (χ0n) is 15.0. The average molecular weight is 341 g/mol. The lowest BCUT2D eigenvalue weighted by atomic mass is 10.2. The molecule has 24 heavy (non-hydrogen) atoms. The van der Waals surface area contributed by atoms with Gasteiger partial charge in [-0.2, -0.15) is 0 Å². The molecule has 2 aliphatic rings. The molecule has 0 aromatic heterocycles. The number of ether oxygens (including phenoxy) is 2. The summed E-state index contributed by atoms with van der Waals surface area (Å²) in [6.07, 6.45) is 2.41. The van der Waals surface area contributed by atoms with Crippen LogP contribution in [-0.4, -0.2) is 98.8 Å². The van der Waals surface area contributed by atoms with Crippen molar-refractivity contribution in [1.29, 1.82) is 0 Å². The van der Waals surface area contributed by atoms with Crippen LogP contribution in [0.2, 0.25) is 0 Å². The first kappa shape index (κ1) is 19.1. The zero-order valence-corrected chi connectivity index (χ0v) is 15.0. The Morgan fingerprint density at radius 1 is 1.08 bits per heavy atom. The molecule has 2 heterocycles. The van der Waals surface area contributed by atoms with Gasteiger partial charge < -0.3 is 19.3 Å². The molecule has 0 aromatic rings. The number of amides is 2. The van der Waals surface area contributed by atoms with Gasteiger partial charge in [0.2, 0.25) is 11.8 Å². The molecule has 2 aliphatic heterocycles. The Bertz CT molecular complexity index is 419. The molecule has 7 nitrogen and oxygen atoms in total. The second-order valence-electron chi connectivity index (χ2n) is 6.49. The molecule has 138 valence electrons. The monoisotopic (exact) mass is 341 g/mol. The summed E-state index contributed by atoms with van der Waals surface area (Å²) in [4.78, 5) is 30.5.